The molecule has 0 radical (unpaired) electrons. The molecular formula is C7H14N2O7. The van der Waals surface area contributed by atoms with Gasteiger partial charge in [0, 0.05) is 13.8 Å². The van der Waals surface area contributed by atoms with Crippen LogP contribution in [0.4, 0.5) is 4.79 Å². The molecule has 0 aromatic rings. The lowest BCUT2D eigenvalue weighted by atomic mass is 10.4. The van der Waals surface area contributed by atoms with E-state index in [4.69, 9.17) is 20.4 Å². The number of amides is 2. The van der Waals surface area contributed by atoms with E-state index in [1.165, 1.54) is 0 Å². The van der Waals surface area contributed by atoms with Gasteiger partial charge in [0.15, 0.2) is 12.5 Å². The summed E-state index contributed by atoms with van der Waals surface area (Å²) >= 11 is 0. The summed E-state index contributed by atoms with van der Waals surface area (Å²) in [6.07, 6.45) is -3.99. The lowest BCUT2D eigenvalue weighted by molar-refractivity contribution is -0.275. The Balaban J connectivity index is 3.09. The summed E-state index contributed by atoms with van der Waals surface area (Å²) in [6.45, 7) is 1.55. The van der Waals surface area contributed by atoms with Crippen molar-refractivity contribution < 1.29 is 35.4 Å². The SMILES string of the molecule is CC(O)(O)N1C(=O)N(C(C)(O)O)C(O)C1O. The van der Waals surface area contributed by atoms with Crippen LogP contribution in [0.3, 0.4) is 0 Å². The molecule has 6 N–H and O–H groups in total. The molecule has 1 saturated heterocycles. The van der Waals surface area contributed by atoms with E-state index in [0.717, 1.165) is 13.8 Å². The second-order valence-corrected chi connectivity index (χ2v) is 3.79. The minimum Gasteiger partial charge on any atom is -0.369 e. The van der Waals surface area contributed by atoms with E-state index < -0.39 is 30.3 Å². The fraction of sp³-hybridized carbons (Fsp3) is 0.857. The van der Waals surface area contributed by atoms with Crippen LogP contribution in [0, 0.1) is 0 Å². The zero-order chi connectivity index (χ0) is 12.9. The van der Waals surface area contributed by atoms with Gasteiger partial charge in [0.25, 0.3) is 0 Å². The lowest BCUT2D eigenvalue weighted by Crippen LogP contribution is -2.54. The molecule has 1 heterocycles. The highest BCUT2D eigenvalue weighted by Crippen LogP contribution is 2.29. The summed E-state index contributed by atoms with van der Waals surface area (Å²) < 4.78 is 0. The van der Waals surface area contributed by atoms with E-state index in [0.29, 0.717) is 0 Å². The van der Waals surface area contributed by atoms with Crippen molar-refractivity contribution in [3.63, 3.8) is 0 Å². The molecule has 0 aromatic carbocycles. The predicted molar refractivity (Wildman–Crippen MR) is 46.8 cm³/mol. The Morgan fingerprint density at radius 3 is 1.31 bits per heavy atom. The molecule has 1 aliphatic heterocycles. The third-order valence-electron chi connectivity index (χ3n) is 2.12. The van der Waals surface area contributed by atoms with Gasteiger partial charge in [-0.3, -0.25) is 0 Å². The molecule has 16 heavy (non-hydrogen) atoms. The minimum absolute atomic E-state index is 0.0996. The van der Waals surface area contributed by atoms with Crippen molar-refractivity contribution >= 4 is 6.03 Å². The fourth-order valence-electron chi connectivity index (χ4n) is 1.47. The quantitative estimate of drug-likeness (QED) is 0.276. The Labute approximate surface area is 90.4 Å². The highest BCUT2D eigenvalue weighted by Gasteiger charge is 2.55. The van der Waals surface area contributed by atoms with E-state index in [1.54, 1.807) is 0 Å². The van der Waals surface area contributed by atoms with Crippen molar-refractivity contribution in [3.05, 3.63) is 0 Å². The molecule has 1 rings (SSSR count). The highest BCUT2D eigenvalue weighted by molar-refractivity contribution is 5.78. The second-order valence-electron chi connectivity index (χ2n) is 3.79. The van der Waals surface area contributed by atoms with Crippen LogP contribution in [0.25, 0.3) is 0 Å². The summed E-state index contributed by atoms with van der Waals surface area (Å²) in [5.41, 5.74) is 0. The van der Waals surface area contributed by atoms with E-state index in [-0.39, 0.29) is 9.80 Å². The van der Waals surface area contributed by atoms with Crippen LogP contribution in [0.2, 0.25) is 0 Å². The third kappa shape index (κ3) is 1.96. The van der Waals surface area contributed by atoms with Gasteiger partial charge in [-0.1, -0.05) is 0 Å². The molecule has 2 unspecified atom stereocenters. The zero-order valence-electron chi connectivity index (χ0n) is 8.64. The zero-order valence-corrected chi connectivity index (χ0v) is 8.64. The molecule has 0 bridgehead atoms. The highest BCUT2D eigenvalue weighted by atomic mass is 16.6. The number of hydrogen-bond acceptors (Lipinski definition) is 7. The van der Waals surface area contributed by atoms with Crippen LogP contribution in [0.5, 0.6) is 0 Å². The third-order valence-corrected chi connectivity index (χ3v) is 2.12. The smallest absolute Gasteiger partial charge is 0.332 e. The van der Waals surface area contributed by atoms with Crippen LogP contribution >= 0.6 is 0 Å². The molecule has 1 aliphatic rings. The normalized spacial score (nSPS) is 27.9. The van der Waals surface area contributed by atoms with Crippen molar-refractivity contribution in [2.24, 2.45) is 0 Å². The fourth-order valence-corrected chi connectivity index (χ4v) is 1.47. The van der Waals surface area contributed by atoms with Gasteiger partial charge in [-0.25, -0.2) is 14.6 Å². The van der Waals surface area contributed by atoms with Crippen molar-refractivity contribution in [2.45, 2.75) is 38.1 Å². The van der Waals surface area contributed by atoms with Gasteiger partial charge in [0.2, 0.25) is 11.8 Å². The summed E-state index contributed by atoms with van der Waals surface area (Å²) in [6, 6.07) is -1.33. The second kappa shape index (κ2) is 3.52. The predicted octanol–water partition coefficient (Wildman–Crippen LogP) is -3.32. The average Bonchev–Trinajstić information content (AvgIpc) is 2.19. The Kier molecular flexibility index (Phi) is 2.88. The van der Waals surface area contributed by atoms with Crippen LogP contribution in [-0.2, 0) is 0 Å². The Morgan fingerprint density at radius 2 is 1.19 bits per heavy atom. The molecule has 0 aliphatic carbocycles. The summed E-state index contributed by atoms with van der Waals surface area (Å²) in [7, 11) is 0. The molecule has 2 atom stereocenters. The Morgan fingerprint density at radius 1 is 0.938 bits per heavy atom. The first-order chi connectivity index (χ1) is 6.98. The van der Waals surface area contributed by atoms with Gasteiger partial charge in [0.1, 0.15) is 0 Å². The first kappa shape index (κ1) is 13.1. The van der Waals surface area contributed by atoms with Crippen LogP contribution in [0.1, 0.15) is 13.8 Å². The van der Waals surface area contributed by atoms with Gasteiger partial charge in [-0.05, 0) is 0 Å². The number of rotatable bonds is 2. The minimum atomic E-state index is -2.74. The lowest BCUT2D eigenvalue weighted by Gasteiger charge is -2.31. The van der Waals surface area contributed by atoms with Crippen molar-refractivity contribution in [1.29, 1.82) is 0 Å². The summed E-state index contributed by atoms with van der Waals surface area (Å²) in [5, 5.41) is 55.4. The molecule has 9 nitrogen and oxygen atoms in total. The number of aliphatic hydroxyl groups excluding tert-OH is 2. The first-order valence-electron chi connectivity index (χ1n) is 4.36. The van der Waals surface area contributed by atoms with Crippen LogP contribution in [-0.4, -0.2) is 70.7 Å². The van der Waals surface area contributed by atoms with Crippen molar-refractivity contribution in [3.8, 4) is 0 Å². The maximum Gasteiger partial charge on any atom is 0.332 e. The van der Waals surface area contributed by atoms with Gasteiger partial charge in [0.05, 0.1) is 0 Å². The van der Waals surface area contributed by atoms with Crippen molar-refractivity contribution in [1.82, 2.24) is 9.80 Å². The number of carbonyl (C=O) groups excluding carboxylic acids is 1. The largest absolute Gasteiger partial charge is 0.369 e. The van der Waals surface area contributed by atoms with E-state index in [9.17, 15) is 15.0 Å². The number of hydrogen-bond donors (Lipinski definition) is 6. The average molecular weight is 238 g/mol. The van der Waals surface area contributed by atoms with Gasteiger partial charge >= 0.3 is 6.03 Å². The number of nitrogens with zero attached hydrogens (tertiary/aromatic N) is 2. The molecule has 2 amide bonds. The standard InChI is InChI=1S/C7H14N2O7/c1-6(13,14)8-3(10)4(11)9(5(8)12)7(2,15)16/h3-4,10-11,13-16H,1-2H3. The summed E-state index contributed by atoms with van der Waals surface area (Å²) in [5.74, 6) is -5.48. The van der Waals surface area contributed by atoms with Crippen LogP contribution in [0.15, 0.2) is 0 Å². The maximum atomic E-state index is 11.5. The molecule has 9 heteroatoms. The molecule has 1 fully saturated rings. The van der Waals surface area contributed by atoms with Crippen molar-refractivity contribution in [2.75, 3.05) is 0 Å². The maximum absolute atomic E-state index is 11.5. The Hall–Kier alpha value is -0.970. The first-order valence-corrected chi connectivity index (χ1v) is 4.36. The number of aliphatic hydroxyl groups is 6. The van der Waals surface area contributed by atoms with Gasteiger partial charge in [-0.15, -0.1) is 0 Å². The number of carbonyl (C=O) groups is 1. The van der Waals surface area contributed by atoms with E-state index >= 15 is 0 Å². The van der Waals surface area contributed by atoms with E-state index in [2.05, 4.69) is 0 Å². The molecule has 0 saturated carbocycles. The topological polar surface area (TPSA) is 145 Å². The Bertz CT molecular complexity index is 266. The van der Waals surface area contributed by atoms with Crippen LogP contribution < -0.4 is 0 Å². The molecular weight excluding hydrogens is 224 g/mol. The number of urea groups is 1. The van der Waals surface area contributed by atoms with Gasteiger partial charge < -0.3 is 30.6 Å². The molecule has 0 aromatic heterocycles. The monoisotopic (exact) mass is 238 g/mol. The van der Waals surface area contributed by atoms with Gasteiger partial charge in [-0.2, -0.15) is 0 Å². The molecule has 94 valence electrons. The van der Waals surface area contributed by atoms with E-state index in [1.807, 2.05) is 0 Å². The summed E-state index contributed by atoms with van der Waals surface area (Å²) in [4.78, 5) is 11.7. The molecule has 0 spiro atoms.